The Kier molecular flexibility index (Phi) is 4.06. The fourth-order valence-electron chi connectivity index (χ4n) is 2.50. The summed E-state index contributed by atoms with van der Waals surface area (Å²) in [4.78, 5) is 19.5. The zero-order chi connectivity index (χ0) is 18.6. The molecule has 134 valence electrons. The summed E-state index contributed by atoms with van der Waals surface area (Å²) < 4.78 is 8.65. The second-order valence-corrected chi connectivity index (χ2v) is 9.33. The van der Waals surface area contributed by atoms with Crippen LogP contribution >= 0.6 is 11.3 Å². The number of anilines is 1. The van der Waals surface area contributed by atoms with Gasteiger partial charge in [0.05, 0.1) is 15.9 Å². The Morgan fingerprint density at radius 1 is 1.20 bits per heavy atom. The lowest BCUT2D eigenvalue weighted by atomic mass is 9.93. The van der Waals surface area contributed by atoms with Gasteiger partial charge in [-0.1, -0.05) is 32.1 Å². The van der Waals surface area contributed by atoms with Gasteiger partial charge in [-0.15, -0.1) is 0 Å². The van der Waals surface area contributed by atoms with Crippen LogP contribution in [0.3, 0.4) is 0 Å². The van der Waals surface area contributed by atoms with Crippen molar-refractivity contribution in [1.82, 2.24) is 9.38 Å². The quantitative estimate of drug-likeness (QED) is 0.598. The number of carbonyl (C=O) groups is 1. The first-order valence-corrected chi connectivity index (χ1v) is 9.16. The highest BCUT2D eigenvalue weighted by Gasteiger charge is 2.22. The van der Waals surface area contributed by atoms with Crippen LogP contribution in [-0.4, -0.2) is 28.1 Å². The van der Waals surface area contributed by atoms with Crippen molar-refractivity contribution in [1.29, 1.82) is 0 Å². The topological polar surface area (TPSA) is 46.8 Å². The number of imidazole rings is 1. The zero-order valence-electron chi connectivity index (χ0n) is 15.9. The molecule has 2 aromatic heterocycles. The minimum atomic E-state index is -0.511. The van der Waals surface area contributed by atoms with Gasteiger partial charge in [0.25, 0.3) is 0 Å². The summed E-state index contributed by atoms with van der Waals surface area (Å²) in [5.41, 5.74) is 2.50. The smallest absolute Gasteiger partial charge is 0.414 e. The van der Waals surface area contributed by atoms with Crippen LogP contribution in [0.15, 0.2) is 24.4 Å². The van der Waals surface area contributed by atoms with E-state index >= 15 is 0 Å². The molecule has 0 aliphatic carbocycles. The molecule has 0 atom stereocenters. The van der Waals surface area contributed by atoms with E-state index in [0.29, 0.717) is 0 Å². The second-order valence-electron chi connectivity index (χ2n) is 8.32. The predicted octanol–water partition coefficient (Wildman–Crippen LogP) is 5.22. The number of amides is 1. The standard InChI is InChI=1S/C19H25N3O2S/c1-18(2,3)15-11-22-13-9-8-12(10-14(13)25-16(22)20-15)21(7)17(23)24-19(4,5)6/h8-11H,1-7H3. The minimum Gasteiger partial charge on any atom is -0.443 e. The number of carbonyl (C=O) groups excluding carboxylic acids is 1. The highest BCUT2D eigenvalue weighted by Crippen LogP contribution is 2.32. The Morgan fingerprint density at radius 2 is 1.88 bits per heavy atom. The van der Waals surface area contributed by atoms with E-state index in [1.54, 1.807) is 18.4 Å². The van der Waals surface area contributed by atoms with Crippen LogP contribution in [0.25, 0.3) is 15.2 Å². The summed E-state index contributed by atoms with van der Waals surface area (Å²) in [5.74, 6) is 0. The Balaban J connectivity index is 1.97. The van der Waals surface area contributed by atoms with Gasteiger partial charge in [0.1, 0.15) is 5.60 Å². The molecule has 2 heterocycles. The molecule has 0 aliphatic rings. The molecule has 0 bridgehead atoms. The molecule has 25 heavy (non-hydrogen) atoms. The Morgan fingerprint density at radius 3 is 2.48 bits per heavy atom. The van der Waals surface area contributed by atoms with Crippen molar-refractivity contribution in [3.63, 3.8) is 0 Å². The van der Waals surface area contributed by atoms with E-state index in [2.05, 4.69) is 31.4 Å². The SMILES string of the molecule is CN(C(=O)OC(C)(C)C)c1ccc2c(c1)sc1nc(C(C)(C)C)cn12. The second kappa shape index (κ2) is 5.73. The first-order chi connectivity index (χ1) is 11.5. The number of aromatic nitrogens is 2. The first kappa shape index (κ1) is 17.7. The monoisotopic (exact) mass is 359 g/mol. The molecule has 6 heteroatoms. The maximum Gasteiger partial charge on any atom is 0.414 e. The van der Waals surface area contributed by atoms with Crippen LogP contribution in [0.1, 0.15) is 47.2 Å². The Labute approximate surface area is 152 Å². The van der Waals surface area contributed by atoms with E-state index in [4.69, 9.17) is 9.72 Å². The molecule has 0 radical (unpaired) electrons. The lowest BCUT2D eigenvalue weighted by molar-refractivity contribution is 0.0589. The third kappa shape index (κ3) is 3.49. The van der Waals surface area contributed by atoms with Crippen LogP contribution < -0.4 is 4.90 Å². The number of rotatable bonds is 1. The Hall–Kier alpha value is -2.08. The number of hydrogen-bond acceptors (Lipinski definition) is 4. The van der Waals surface area contributed by atoms with Crippen molar-refractivity contribution in [2.24, 2.45) is 0 Å². The van der Waals surface area contributed by atoms with Gasteiger partial charge in [-0.25, -0.2) is 9.78 Å². The number of benzene rings is 1. The van der Waals surface area contributed by atoms with Crippen LogP contribution in [-0.2, 0) is 10.2 Å². The zero-order valence-corrected chi connectivity index (χ0v) is 16.7. The first-order valence-electron chi connectivity index (χ1n) is 8.34. The lowest BCUT2D eigenvalue weighted by Crippen LogP contribution is -2.34. The highest BCUT2D eigenvalue weighted by atomic mass is 32.1. The Bertz CT molecular complexity index is 941. The van der Waals surface area contributed by atoms with E-state index in [1.807, 2.05) is 39.0 Å². The van der Waals surface area contributed by atoms with Gasteiger partial charge >= 0.3 is 6.09 Å². The minimum absolute atomic E-state index is 0.0228. The molecule has 0 saturated carbocycles. The van der Waals surface area contributed by atoms with Gasteiger partial charge < -0.3 is 4.74 Å². The number of thiazole rings is 1. The molecular weight excluding hydrogens is 334 g/mol. The molecular formula is C19H25N3O2S. The third-order valence-electron chi connectivity index (χ3n) is 3.90. The molecule has 0 aliphatic heterocycles. The van der Waals surface area contributed by atoms with Crippen molar-refractivity contribution >= 4 is 38.3 Å². The fraction of sp³-hybridized carbons (Fsp3) is 0.474. The van der Waals surface area contributed by atoms with Gasteiger partial charge in [-0.3, -0.25) is 9.30 Å². The van der Waals surface area contributed by atoms with Gasteiger partial charge in [-0.2, -0.15) is 0 Å². The predicted molar refractivity (Wildman–Crippen MR) is 104 cm³/mol. The van der Waals surface area contributed by atoms with E-state index in [0.717, 1.165) is 26.6 Å². The summed E-state index contributed by atoms with van der Waals surface area (Å²) in [5, 5.41) is 0. The van der Waals surface area contributed by atoms with Crippen molar-refractivity contribution < 1.29 is 9.53 Å². The summed E-state index contributed by atoms with van der Waals surface area (Å²) in [6, 6.07) is 5.98. The summed E-state index contributed by atoms with van der Waals surface area (Å²) in [7, 11) is 1.73. The average molecular weight is 359 g/mol. The van der Waals surface area contributed by atoms with E-state index in [1.165, 1.54) is 4.90 Å². The molecule has 0 spiro atoms. The van der Waals surface area contributed by atoms with Gasteiger partial charge in [-0.05, 0) is 39.0 Å². The van der Waals surface area contributed by atoms with Crippen molar-refractivity contribution in [2.45, 2.75) is 52.6 Å². The van der Waals surface area contributed by atoms with Crippen molar-refractivity contribution in [3.05, 3.63) is 30.1 Å². The average Bonchev–Trinajstić information content (AvgIpc) is 3.00. The molecule has 5 nitrogen and oxygen atoms in total. The maximum absolute atomic E-state index is 12.3. The van der Waals surface area contributed by atoms with Crippen LogP contribution in [0.2, 0.25) is 0 Å². The molecule has 3 rings (SSSR count). The number of ether oxygens (including phenoxy) is 1. The van der Waals surface area contributed by atoms with Gasteiger partial charge in [0.2, 0.25) is 0 Å². The molecule has 0 unspecified atom stereocenters. The van der Waals surface area contributed by atoms with E-state index in [-0.39, 0.29) is 11.5 Å². The number of hydrogen-bond donors (Lipinski definition) is 0. The van der Waals surface area contributed by atoms with Crippen LogP contribution in [0, 0.1) is 0 Å². The molecule has 1 aromatic carbocycles. The summed E-state index contributed by atoms with van der Waals surface area (Å²) >= 11 is 1.63. The maximum atomic E-state index is 12.3. The van der Waals surface area contributed by atoms with E-state index in [9.17, 15) is 4.79 Å². The van der Waals surface area contributed by atoms with Crippen molar-refractivity contribution in [2.75, 3.05) is 11.9 Å². The molecule has 1 amide bonds. The fourth-order valence-corrected chi connectivity index (χ4v) is 3.54. The van der Waals surface area contributed by atoms with E-state index < -0.39 is 5.60 Å². The highest BCUT2D eigenvalue weighted by molar-refractivity contribution is 7.23. The summed E-state index contributed by atoms with van der Waals surface area (Å²) in [6.45, 7) is 12.1. The van der Waals surface area contributed by atoms with Crippen LogP contribution in [0.4, 0.5) is 10.5 Å². The number of fused-ring (bicyclic) bond motifs is 3. The largest absolute Gasteiger partial charge is 0.443 e. The van der Waals surface area contributed by atoms with Gasteiger partial charge in [0, 0.05) is 24.3 Å². The molecule has 0 saturated heterocycles. The lowest BCUT2D eigenvalue weighted by Gasteiger charge is -2.24. The molecule has 0 fully saturated rings. The molecule has 0 N–H and O–H groups in total. The number of nitrogens with zero attached hydrogens (tertiary/aromatic N) is 3. The summed E-state index contributed by atoms with van der Waals surface area (Å²) in [6.07, 6.45) is 1.74. The van der Waals surface area contributed by atoms with Crippen LogP contribution in [0.5, 0.6) is 0 Å². The van der Waals surface area contributed by atoms with Crippen molar-refractivity contribution in [3.8, 4) is 0 Å². The normalized spacial score (nSPS) is 12.8. The van der Waals surface area contributed by atoms with Gasteiger partial charge in [0.15, 0.2) is 4.96 Å². The third-order valence-corrected chi connectivity index (χ3v) is 4.92. The molecule has 3 aromatic rings.